The lowest BCUT2D eigenvalue weighted by atomic mass is 10.3. The Balaban J connectivity index is 3.73. The van der Waals surface area contributed by atoms with Crippen molar-refractivity contribution < 1.29 is 14.6 Å². The molecule has 92 valence electrons. The number of ether oxygens (including phenoxy) is 2. The number of aliphatic hydroxyl groups is 1. The SMILES string of the molecule is CCOC(CN)CN(C)CC(O)COC. The largest absolute Gasteiger partial charge is 0.389 e. The number of hydrogen-bond donors (Lipinski definition) is 2. The van der Waals surface area contributed by atoms with Gasteiger partial charge < -0.3 is 25.2 Å². The quantitative estimate of drug-likeness (QED) is 0.537. The lowest BCUT2D eigenvalue weighted by molar-refractivity contribution is 0.0142. The Labute approximate surface area is 92.1 Å². The maximum atomic E-state index is 9.50. The van der Waals surface area contributed by atoms with Gasteiger partial charge in [-0.2, -0.15) is 0 Å². The Bertz CT molecular complexity index is 147. The molecule has 0 amide bonds. The molecule has 0 rings (SSSR count). The Morgan fingerprint density at radius 2 is 2.07 bits per heavy atom. The molecule has 0 fully saturated rings. The van der Waals surface area contributed by atoms with E-state index in [1.165, 1.54) is 0 Å². The van der Waals surface area contributed by atoms with Crippen molar-refractivity contribution in [3.8, 4) is 0 Å². The van der Waals surface area contributed by atoms with E-state index < -0.39 is 6.10 Å². The summed E-state index contributed by atoms with van der Waals surface area (Å²) >= 11 is 0. The van der Waals surface area contributed by atoms with Crippen LogP contribution < -0.4 is 5.73 Å². The summed E-state index contributed by atoms with van der Waals surface area (Å²) in [6.07, 6.45) is -0.421. The average Bonchev–Trinajstić information content (AvgIpc) is 2.17. The lowest BCUT2D eigenvalue weighted by Crippen LogP contribution is -2.40. The average molecular weight is 220 g/mol. The maximum Gasteiger partial charge on any atom is 0.0899 e. The number of rotatable bonds is 9. The van der Waals surface area contributed by atoms with Gasteiger partial charge in [0.15, 0.2) is 0 Å². The van der Waals surface area contributed by atoms with Crippen LogP contribution in [0.25, 0.3) is 0 Å². The standard InChI is InChI=1S/C10H24N2O3/c1-4-15-10(5-11)7-12(2)6-9(13)8-14-3/h9-10,13H,4-8,11H2,1-3H3. The van der Waals surface area contributed by atoms with Gasteiger partial charge in [-0.25, -0.2) is 0 Å². The third-order valence-corrected chi connectivity index (χ3v) is 2.06. The molecule has 0 heterocycles. The highest BCUT2D eigenvalue weighted by molar-refractivity contribution is 4.67. The van der Waals surface area contributed by atoms with Crippen molar-refractivity contribution >= 4 is 0 Å². The first-order valence-corrected chi connectivity index (χ1v) is 5.31. The van der Waals surface area contributed by atoms with E-state index in [2.05, 4.69) is 0 Å². The van der Waals surface area contributed by atoms with Crippen molar-refractivity contribution in [3.63, 3.8) is 0 Å². The van der Waals surface area contributed by atoms with E-state index in [4.69, 9.17) is 15.2 Å². The molecule has 0 saturated carbocycles. The molecule has 0 spiro atoms. The van der Waals surface area contributed by atoms with Gasteiger partial charge in [-0.05, 0) is 14.0 Å². The zero-order valence-corrected chi connectivity index (χ0v) is 9.98. The van der Waals surface area contributed by atoms with Crippen LogP contribution in [-0.4, -0.2) is 69.2 Å². The highest BCUT2D eigenvalue weighted by Crippen LogP contribution is 1.96. The maximum absolute atomic E-state index is 9.50. The number of aliphatic hydroxyl groups excluding tert-OH is 1. The van der Waals surface area contributed by atoms with Gasteiger partial charge in [0.25, 0.3) is 0 Å². The third kappa shape index (κ3) is 7.70. The first kappa shape index (κ1) is 14.8. The van der Waals surface area contributed by atoms with Gasteiger partial charge in [-0.1, -0.05) is 0 Å². The molecular formula is C10H24N2O3. The van der Waals surface area contributed by atoms with Crippen molar-refractivity contribution in [2.24, 2.45) is 5.73 Å². The minimum Gasteiger partial charge on any atom is -0.389 e. The van der Waals surface area contributed by atoms with E-state index in [1.807, 2.05) is 18.9 Å². The van der Waals surface area contributed by atoms with Crippen LogP contribution in [0.2, 0.25) is 0 Å². The molecule has 5 heteroatoms. The Morgan fingerprint density at radius 1 is 1.40 bits per heavy atom. The fraction of sp³-hybridized carbons (Fsp3) is 1.00. The fourth-order valence-corrected chi connectivity index (χ4v) is 1.46. The number of hydrogen-bond acceptors (Lipinski definition) is 5. The molecule has 2 atom stereocenters. The molecule has 5 nitrogen and oxygen atoms in total. The summed E-state index contributed by atoms with van der Waals surface area (Å²) in [5, 5.41) is 9.50. The normalized spacial score (nSPS) is 15.6. The highest BCUT2D eigenvalue weighted by atomic mass is 16.5. The van der Waals surface area contributed by atoms with Crippen molar-refractivity contribution in [2.75, 3.05) is 47.0 Å². The van der Waals surface area contributed by atoms with Gasteiger partial charge in [0, 0.05) is 33.4 Å². The molecule has 0 aromatic carbocycles. The van der Waals surface area contributed by atoms with Crippen molar-refractivity contribution in [3.05, 3.63) is 0 Å². The van der Waals surface area contributed by atoms with Crippen LogP contribution >= 0.6 is 0 Å². The van der Waals surface area contributed by atoms with Crippen LogP contribution in [0.15, 0.2) is 0 Å². The molecular weight excluding hydrogens is 196 g/mol. The predicted molar refractivity (Wildman–Crippen MR) is 59.8 cm³/mol. The summed E-state index contributed by atoms with van der Waals surface area (Å²) in [5.41, 5.74) is 5.56. The zero-order chi connectivity index (χ0) is 11.7. The molecule has 2 unspecified atom stereocenters. The number of likely N-dealkylation sites (N-methyl/N-ethyl adjacent to an activating group) is 1. The molecule has 0 aromatic heterocycles. The fourth-order valence-electron chi connectivity index (χ4n) is 1.46. The van der Waals surface area contributed by atoms with Crippen LogP contribution in [0.3, 0.4) is 0 Å². The summed E-state index contributed by atoms with van der Waals surface area (Å²) in [6.45, 7) is 4.76. The molecule has 0 radical (unpaired) electrons. The summed E-state index contributed by atoms with van der Waals surface area (Å²) in [6, 6.07) is 0. The number of methoxy groups -OCH3 is 1. The van der Waals surface area contributed by atoms with Crippen molar-refractivity contribution in [1.82, 2.24) is 4.90 Å². The number of nitrogens with zero attached hydrogens (tertiary/aromatic N) is 1. The Kier molecular flexibility index (Phi) is 8.94. The molecule has 0 aliphatic rings. The monoisotopic (exact) mass is 220 g/mol. The predicted octanol–water partition coefficient (Wildman–Crippen LogP) is -0.711. The summed E-state index contributed by atoms with van der Waals surface area (Å²) in [4.78, 5) is 2.00. The number of nitrogens with two attached hydrogens (primary N) is 1. The Morgan fingerprint density at radius 3 is 2.53 bits per heavy atom. The molecule has 0 aliphatic heterocycles. The van der Waals surface area contributed by atoms with Gasteiger partial charge >= 0.3 is 0 Å². The topological polar surface area (TPSA) is 68.0 Å². The first-order valence-electron chi connectivity index (χ1n) is 5.31. The van der Waals surface area contributed by atoms with Gasteiger partial charge in [-0.15, -0.1) is 0 Å². The summed E-state index contributed by atoms with van der Waals surface area (Å²) in [5.74, 6) is 0. The van der Waals surface area contributed by atoms with Crippen molar-refractivity contribution in [1.29, 1.82) is 0 Å². The smallest absolute Gasteiger partial charge is 0.0899 e. The molecule has 0 aliphatic carbocycles. The van der Waals surface area contributed by atoms with E-state index in [1.54, 1.807) is 7.11 Å². The second-order valence-electron chi connectivity index (χ2n) is 3.64. The second kappa shape index (κ2) is 9.06. The zero-order valence-electron chi connectivity index (χ0n) is 9.98. The van der Waals surface area contributed by atoms with Crippen LogP contribution in [0.5, 0.6) is 0 Å². The van der Waals surface area contributed by atoms with Gasteiger partial charge in [0.05, 0.1) is 18.8 Å². The summed E-state index contributed by atoms with van der Waals surface area (Å²) < 4.78 is 10.3. The highest BCUT2D eigenvalue weighted by Gasteiger charge is 2.12. The molecule has 0 bridgehead atoms. The van der Waals surface area contributed by atoms with Gasteiger partial charge in [-0.3, -0.25) is 0 Å². The van der Waals surface area contributed by atoms with Gasteiger partial charge in [0.2, 0.25) is 0 Å². The van der Waals surface area contributed by atoms with Gasteiger partial charge in [0.1, 0.15) is 0 Å². The minimum absolute atomic E-state index is 0.0368. The van der Waals surface area contributed by atoms with Crippen LogP contribution in [0, 0.1) is 0 Å². The molecule has 0 aromatic rings. The van der Waals surface area contributed by atoms with Crippen LogP contribution in [0.1, 0.15) is 6.92 Å². The molecule has 15 heavy (non-hydrogen) atoms. The summed E-state index contributed by atoms with van der Waals surface area (Å²) in [7, 11) is 3.51. The third-order valence-electron chi connectivity index (χ3n) is 2.06. The van der Waals surface area contributed by atoms with E-state index in [0.29, 0.717) is 26.3 Å². The minimum atomic E-state index is -0.458. The van der Waals surface area contributed by atoms with E-state index in [9.17, 15) is 5.11 Å². The lowest BCUT2D eigenvalue weighted by Gasteiger charge is -2.24. The van der Waals surface area contributed by atoms with E-state index in [0.717, 1.165) is 6.54 Å². The second-order valence-corrected chi connectivity index (χ2v) is 3.64. The van der Waals surface area contributed by atoms with Crippen molar-refractivity contribution in [2.45, 2.75) is 19.1 Å². The van der Waals surface area contributed by atoms with E-state index >= 15 is 0 Å². The van der Waals surface area contributed by atoms with Crippen LogP contribution in [0.4, 0.5) is 0 Å². The first-order chi connectivity index (χ1) is 7.13. The van der Waals surface area contributed by atoms with Crippen LogP contribution in [-0.2, 0) is 9.47 Å². The molecule has 0 saturated heterocycles. The van der Waals surface area contributed by atoms with E-state index in [-0.39, 0.29) is 6.10 Å². The molecule has 3 N–H and O–H groups in total. The Hall–Kier alpha value is -0.200.